The molecule has 1 aliphatic rings. The number of methoxy groups -OCH3 is 1. The maximum atomic E-state index is 12.9. The number of amides is 4. The molecular weight excluding hydrogens is 372 g/mol. The first-order chi connectivity index (χ1) is 13.8. The molecule has 0 spiro atoms. The number of nitrogens with one attached hydrogen (secondary N) is 1. The number of aromatic hydroxyl groups is 1. The Kier molecular flexibility index (Phi) is 5.68. The number of nitrogens with zero attached hydrogens (tertiary/aromatic N) is 1. The third-order valence-corrected chi connectivity index (χ3v) is 4.95. The molecule has 1 saturated heterocycles. The smallest absolute Gasteiger partial charge is 0.335 e. The minimum atomic E-state index is -0.795. The van der Waals surface area contributed by atoms with E-state index >= 15 is 0 Å². The number of ether oxygens (including phenoxy) is 1. The zero-order valence-corrected chi connectivity index (χ0v) is 16.4. The van der Waals surface area contributed by atoms with Crippen molar-refractivity contribution in [2.75, 3.05) is 12.0 Å². The summed E-state index contributed by atoms with van der Waals surface area (Å²) in [7, 11) is 1.40. The summed E-state index contributed by atoms with van der Waals surface area (Å²) in [6.45, 7) is 4.18. The number of carbonyl (C=O) groups excluding carboxylic acids is 3. The predicted octanol–water partition coefficient (Wildman–Crippen LogP) is 3.58. The zero-order valence-electron chi connectivity index (χ0n) is 16.4. The van der Waals surface area contributed by atoms with Crippen molar-refractivity contribution in [3.63, 3.8) is 0 Å². The lowest BCUT2D eigenvalue weighted by atomic mass is 9.98. The molecule has 2 aromatic rings. The first-order valence-electron chi connectivity index (χ1n) is 9.24. The summed E-state index contributed by atoms with van der Waals surface area (Å²) >= 11 is 0. The number of imide groups is 2. The van der Waals surface area contributed by atoms with Crippen LogP contribution in [0.3, 0.4) is 0 Å². The molecule has 0 aliphatic carbocycles. The van der Waals surface area contributed by atoms with Crippen LogP contribution in [0.15, 0.2) is 48.0 Å². The Bertz CT molecular complexity index is 995. The molecule has 7 heteroatoms. The average Bonchev–Trinajstić information content (AvgIpc) is 2.72. The molecule has 2 N–H and O–H groups in total. The molecule has 2 aromatic carbocycles. The summed E-state index contributed by atoms with van der Waals surface area (Å²) in [5.41, 5.74) is 1.76. The Morgan fingerprint density at radius 2 is 1.83 bits per heavy atom. The number of phenolic OH excluding ortho intramolecular Hbond substituents is 1. The van der Waals surface area contributed by atoms with Gasteiger partial charge in [0.25, 0.3) is 11.8 Å². The number of anilines is 1. The Balaban J connectivity index is 1.96. The molecule has 3 rings (SSSR count). The van der Waals surface area contributed by atoms with E-state index in [0.717, 1.165) is 16.9 Å². The fourth-order valence-electron chi connectivity index (χ4n) is 3.03. The van der Waals surface area contributed by atoms with Crippen LogP contribution in [0.1, 0.15) is 37.3 Å². The van der Waals surface area contributed by atoms with Crippen LogP contribution in [-0.4, -0.2) is 30.1 Å². The molecule has 0 radical (unpaired) electrons. The van der Waals surface area contributed by atoms with Crippen molar-refractivity contribution in [2.24, 2.45) is 0 Å². The van der Waals surface area contributed by atoms with E-state index in [1.807, 2.05) is 12.1 Å². The summed E-state index contributed by atoms with van der Waals surface area (Å²) in [5.74, 6) is -0.998. The van der Waals surface area contributed by atoms with Crippen LogP contribution in [0.2, 0.25) is 0 Å². The predicted molar refractivity (Wildman–Crippen MR) is 109 cm³/mol. The molecule has 1 unspecified atom stereocenters. The molecule has 0 bridgehead atoms. The Morgan fingerprint density at radius 3 is 2.45 bits per heavy atom. The SMILES string of the molecule is CCC(C)c1ccc(N2C(=O)NC(=O)/C(=C/c3ccc(O)c(OC)c3)C2=O)cc1. The minimum absolute atomic E-state index is 0.0627. The molecule has 4 amide bonds. The van der Waals surface area contributed by atoms with Crippen LogP contribution in [0.4, 0.5) is 10.5 Å². The van der Waals surface area contributed by atoms with Gasteiger partial charge in [0.1, 0.15) is 5.57 Å². The maximum Gasteiger partial charge on any atom is 0.335 e. The van der Waals surface area contributed by atoms with E-state index in [0.29, 0.717) is 17.2 Å². The van der Waals surface area contributed by atoms with E-state index in [-0.39, 0.29) is 17.1 Å². The van der Waals surface area contributed by atoms with Gasteiger partial charge in [0, 0.05) is 0 Å². The quantitative estimate of drug-likeness (QED) is 0.597. The van der Waals surface area contributed by atoms with Crippen LogP contribution in [0.25, 0.3) is 6.08 Å². The molecule has 0 aromatic heterocycles. The first-order valence-corrected chi connectivity index (χ1v) is 9.24. The second kappa shape index (κ2) is 8.18. The zero-order chi connectivity index (χ0) is 21.1. The normalized spacial score (nSPS) is 16.7. The largest absolute Gasteiger partial charge is 0.504 e. The number of benzene rings is 2. The van der Waals surface area contributed by atoms with Gasteiger partial charge in [-0.2, -0.15) is 0 Å². The number of phenols is 1. The van der Waals surface area contributed by atoms with Crippen molar-refractivity contribution >= 4 is 29.6 Å². The molecule has 29 heavy (non-hydrogen) atoms. The van der Waals surface area contributed by atoms with Gasteiger partial charge < -0.3 is 9.84 Å². The molecule has 1 atom stereocenters. The van der Waals surface area contributed by atoms with E-state index in [1.54, 1.807) is 12.1 Å². The van der Waals surface area contributed by atoms with E-state index in [1.165, 1.54) is 31.4 Å². The van der Waals surface area contributed by atoms with Gasteiger partial charge in [-0.25, -0.2) is 9.69 Å². The van der Waals surface area contributed by atoms with Crippen LogP contribution in [0.5, 0.6) is 11.5 Å². The minimum Gasteiger partial charge on any atom is -0.504 e. The molecular formula is C22H22N2O5. The number of urea groups is 1. The summed E-state index contributed by atoms with van der Waals surface area (Å²) in [6, 6.07) is 10.7. The summed E-state index contributed by atoms with van der Waals surface area (Å²) in [5, 5.41) is 11.9. The van der Waals surface area contributed by atoms with Crippen LogP contribution < -0.4 is 15.0 Å². The van der Waals surface area contributed by atoms with Crippen molar-refractivity contribution in [3.05, 3.63) is 59.2 Å². The van der Waals surface area contributed by atoms with Gasteiger partial charge in [-0.1, -0.05) is 32.0 Å². The van der Waals surface area contributed by atoms with Crippen molar-refractivity contribution in [1.82, 2.24) is 5.32 Å². The highest BCUT2D eigenvalue weighted by Gasteiger charge is 2.36. The van der Waals surface area contributed by atoms with Crippen molar-refractivity contribution in [2.45, 2.75) is 26.2 Å². The highest BCUT2D eigenvalue weighted by Crippen LogP contribution is 2.29. The van der Waals surface area contributed by atoms with Gasteiger partial charge in [0.2, 0.25) is 0 Å². The van der Waals surface area contributed by atoms with Gasteiger partial charge >= 0.3 is 6.03 Å². The number of hydrogen-bond donors (Lipinski definition) is 2. The van der Waals surface area contributed by atoms with Crippen LogP contribution in [-0.2, 0) is 9.59 Å². The topological polar surface area (TPSA) is 95.9 Å². The van der Waals surface area contributed by atoms with Gasteiger partial charge in [-0.3, -0.25) is 14.9 Å². The van der Waals surface area contributed by atoms with E-state index in [4.69, 9.17) is 4.74 Å². The fraction of sp³-hybridized carbons (Fsp3) is 0.227. The highest BCUT2D eigenvalue weighted by atomic mass is 16.5. The highest BCUT2D eigenvalue weighted by molar-refractivity contribution is 6.39. The monoisotopic (exact) mass is 394 g/mol. The second-order valence-corrected chi connectivity index (χ2v) is 6.79. The van der Waals surface area contributed by atoms with Gasteiger partial charge in [-0.05, 0) is 53.8 Å². The number of carbonyl (C=O) groups is 3. The lowest BCUT2D eigenvalue weighted by Crippen LogP contribution is -2.54. The van der Waals surface area contributed by atoms with Crippen molar-refractivity contribution < 1.29 is 24.2 Å². The first kappa shape index (κ1) is 20.1. The molecule has 7 nitrogen and oxygen atoms in total. The van der Waals surface area contributed by atoms with E-state index in [9.17, 15) is 19.5 Å². The maximum absolute atomic E-state index is 12.9. The van der Waals surface area contributed by atoms with E-state index < -0.39 is 17.8 Å². The third kappa shape index (κ3) is 3.99. The van der Waals surface area contributed by atoms with Crippen molar-refractivity contribution in [3.8, 4) is 11.5 Å². The molecule has 1 fully saturated rings. The molecule has 150 valence electrons. The van der Waals surface area contributed by atoms with Crippen LogP contribution in [0, 0.1) is 0 Å². The Hall–Kier alpha value is -3.61. The molecule has 1 heterocycles. The number of hydrogen-bond acceptors (Lipinski definition) is 5. The summed E-state index contributed by atoms with van der Waals surface area (Å²) in [6.07, 6.45) is 2.33. The second-order valence-electron chi connectivity index (χ2n) is 6.79. The van der Waals surface area contributed by atoms with Crippen LogP contribution >= 0.6 is 0 Å². The average molecular weight is 394 g/mol. The standard InChI is InChI=1S/C22H22N2O5/c1-4-13(2)15-6-8-16(9-7-15)24-21(27)17(20(26)23-22(24)28)11-14-5-10-18(25)19(12-14)29-3/h5-13,25H,4H2,1-3H3,(H,23,26,28)/b17-11-. The lowest BCUT2D eigenvalue weighted by molar-refractivity contribution is -0.122. The van der Waals surface area contributed by atoms with E-state index in [2.05, 4.69) is 19.2 Å². The number of rotatable bonds is 5. The van der Waals surface area contributed by atoms with Gasteiger partial charge in [-0.15, -0.1) is 0 Å². The molecule has 0 saturated carbocycles. The molecule has 1 aliphatic heterocycles. The Labute approximate surface area is 168 Å². The third-order valence-electron chi connectivity index (χ3n) is 4.95. The fourth-order valence-corrected chi connectivity index (χ4v) is 3.03. The van der Waals surface area contributed by atoms with Crippen molar-refractivity contribution in [1.29, 1.82) is 0 Å². The lowest BCUT2D eigenvalue weighted by Gasteiger charge is -2.26. The Morgan fingerprint density at radius 1 is 1.14 bits per heavy atom. The summed E-state index contributed by atoms with van der Waals surface area (Å²) in [4.78, 5) is 38.5. The summed E-state index contributed by atoms with van der Waals surface area (Å²) < 4.78 is 5.05. The van der Waals surface area contributed by atoms with Gasteiger partial charge in [0.05, 0.1) is 12.8 Å². The van der Waals surface area contributed by atoms with Gasteiger partial charge in [0.15, 0.2) is 11.5 Å². The number of barbiturate groups is 1.